The summed E-state index contributed by atoms with van der Waals surface area (Å²) in [5, 5.41) is 6.85. The van der Waals surface area contributed by atoms with Gasteiger partial charge in [-0.2, -0.15) is 0 Å². The molecule has 2 heterocycles. The molecule has 33 heavy (non-hydrogen) atoms. The van der Waals surface area contributed by atoms with Gasteiger partial charge in [-0.05, 0) is 43.4 Å². The maximum Gasteiger partial charge on any atom is 0.343 e. The molecule has 2 N–H and O–H groups in total. The van der Waals surface area contributed by atoms with Gasteiger partial charge in [0.2, 0.25) is 0 Å². The molecule has 8 nitrogen and oxygen atoms in total. The minimum Gasteiger partial charge on any atom is -0.493 e. The number of nitrogens with zero attached hydrogens (tertiary/aromatic N) is 2. The number of ether oxygens (including phenoxy) is 3. The summed E-state index contributed by atoms with van der Waals surface area (Å²) in [6, 6.07) is 6.21. The van der Waals surface area contributed by atoms with E-state index in [-0.39, 0.29) is 0 Å². The van der Waals surface area contributed by atoms with Crippen LogP contribution in [0.1, 0.15) is 62.7 Å². The third-order valence-electron chi connectivity index (χ3n) is 6.20. The van der Waals surface area contributed by atoms with E-state index in [2.05, 4.69) is 24.3 Å². The third kappa shape index (κ3) is 4.94. The second-order valence-electron chi connectivity index (χ2n) is 9.02. The molecule has 2 aromatic heterocycles. The standard InChI is InChI=1S/C25H34N4O4/c1-16(2)12-13-33-20-11-10-17(14-21(20)31-3)22-24(27-18-8-6-5-7-9-18)29-23(28-22)19(15-26-29)25(30)32-4/h10-11,14-16,18,26-27H,5-9,12-13H2,1-4H3. The Morgan fingerprint density at radius 3 is 2.70 bits per heavy atom. The number of esters is 1. The van der Waals surface area contributed by atoms with Gasteiger partial charge in [0.15, 0.2) is 23.0 Å². The summed E-state index contributed by atoms with van der Waals surface area (Å²) in [6.07, 6.45) is 8.54. The Morgan fingerprint density at radius 1 is 1.21 bits per heavy atom. The van der Waals surface area contributed by atoms with E-state index in [9.17, 15) is 4.79 Å². The number of fused-ring (bicyclic) bond motifs is 1. The summed E-state index contributed by atoms with van der Waals surface area (Å²) in [6.45, 7) is 4.99. The van der Waals surface area contributed by atoms with Gasteiger partial charge in [0.25, 0.3) is 0 Å². The van der Waals surface area contributed by atoms with Crippen molar-refractivity contribution in [2.75, 3.05) is 26.1 Å². The van der Waals surface area contributed by atoms with Crippen LogP contribution in [0.5, 0.6) is 11.5 Å². The van der Waals surface area contributed by atoms with E-state index in [1.54, 1.807) is 13.3 Å². The highest BCUT2D eigenvalue weighted by Gasteiger charge is 2.24. The predicted molar refractivity (Wildman–Crippen MR) is 128 cm³/mol. The Bertz CT molecular complexity index is 1100. The Balaban J connectivity index is 1.72. The van der Waals surface area contributed by atoms with E-state index >= 15 is 0 Å². The van der Waals surface area contributed by atoms with Crippen LogP contribution < -0.4 is 14.8 Å². The first-order chi connectivity index (χ1) is 16.0. The highest BCUT2D eigenvalue weighted by Crippen LogP contribution is 2.37. The van der Waals surface area contributed by atoms with Crippen molar-refractivity contribution in [1.82, 2.24) is 14.6 Å². The maximum atomic E-state index is 12.3. The minimum absolute atomic E-state index is 0.364. The molecule has 1 aliphatic carbocycles. The number of imidazole rings is 1. The molecular weight excluding hydrogens is 420 g/mol. The number of carbonyl (C=O) groups excluding carboxylic acids is 1. The highest BCUT2D eigenvalue weighted by atomic mass is 16.5. The number of rotatable bonds is 9. The molecule has 0 atom stereocenters. The first-order valence-electron chi connectivity index (χ1n) is 11.8. The summed E-state index contributed by atoms with van der Waals surface area (Å²) < 4.78 is 18.4. The smallest absolute Gasteiger partial charge is 0.343 e. The summed E-state index contributed by atoms with van der Waals surface area (Å²) in [4.78, 5) is 17.1. The number of hydrogen-bond donors (Lipinski definition) is 2. The van der Waals surface area contributed by atoms with Gasteiger partial charge in [-0.25, -0.2) is 14.3 Å². The number of aromatic amines is 1. The van der Waals surface area contributed by atoms with Crippen molar-refractivity contribution in [1.29, 1.82) is 0 Å². The van der Waals surface area contributed by atoms with Crippen LogP contribution in [-0.2, 0) is 4.74 Å². The first kappa shape index (κ1) is 23.0. The zero-order valence-electron chi connectivity index (χ0n) is 19.9. The molecule has 8 heteroatoms. The number of methoxy groups -OCH3 is 2. The van der Waals surface area contributed by atoms with Gasteiger partial charge in [0, 0.05) is 17.8 Å². The minimum atomic E-state index is -0.423. The molecule has 3 aromatic rings. The predicted octanol–water partition coefficient (Wildman–Crippen LogP) is 5.29. The number of nitrogens with one attached hydrogen (secondary N) is 2. The number of benzene rings is 1. The lowest BCUT2D eigenvalue weighted by Crippen LogP contribution is -2.23. The zero-order valence-corrected chi connectivity index (χ0v) is 19.9. The molecule has 0 aliphatic heterocycles. The molecular formula is C25H34N4O4. The second-order valence-corrected chi connectivity index (χ2v) is 9.02. The quantitative estimate of drug-likeness (QED) is 0.427. The van der Waals surface area contributed by atoms with Gasteiger partial charge < -0.3 is 19.5 Å². The lowest BCUT2D eigenvalue weighted by molar-refractivity contribution is 0.0602. The van der Waals surface area contributed by atoms with Crippen molar-refractivity contribution in [2.24, 2.45) is 5.92 Å². The molecule has 0 saturated heterocycles. The largest absolute Gasteiger partial charge is 0.493 e. The lowest BCUT2D eigenvalue weighted by Gasteiger charge is -2.24. The molecule has 178 valence electrons. The van der Waals surface area contributed by atoms with Crippen LogP contribution in [0.15, 0.2) is 24.4 Å². The number of aromatic nitrogens is 3. The summed E-state index contributed by atoms with van der Waals surface area (Å²) in [5.41, 5.74) is 2.57. The van der Waals surface area contributed by atoms with Crippen LogP contribution >= 0.6 is 0 Å². The van der Waals surface area contributed by atoms with Gasteiger partial charge in [-0.15, -0.1) is 0 Å². The topological polar surface area (TPSA) is 89.9 Å². The molecule has 0 amide bonds. The fraction of sp³-hybridized carbons (Fsp3) is 0.520. The Hall–Kier alpha value is -3.16. The van der Waals surface area contributed by atoms with Gasteiger partial charge >= 0.3 is 5.97 Å². The van der Waals surface area contributed by atoms with Crippen LogP contribution in [0.3, 0.4) is 0 Å². The van der Waals surface area contributed by atoms with Crippen molar-refractivity contribution in [3.05, 3.63) is 30.0 Å². The Labute approximate surface area is 194 Å². The van der Waals surface area contributed by atoms with Gasteiger partial charge in [0.1, 0.15) is 11.3 Å². The average molecular weight is 455 g/mol. The summed E-state index contributed by atoms with van der Waals surface area (Å²) >= 11 is 0. The van der Waals surface area contributed by atoms with Crippen LogP contribution in [0.4, 0.5) is 5.82 Å². The second kappa shape index (κ2) is 10.2. The SMILES string of the molecule is COC(=O)c1c[nH]n2c(NC3CCCCC3)c(-c3ccc(OCCC(C)C)c(OC)c3)nc12. The molecule has 0 spiro atoms. The van der Waals surface area contributed by atoms with Crippen molar-refractivity contribution < 1.29 is 19.0 Å². The molecule has 1 aromatic carbocycles. The van der Waals surface area contributed by atoms with Crippen molar-refractivity contribution in [3.8, 4) is 22.8 Å². The molecule has 4 rings (SSSR count). The van der Waals surface area contributed by atoms with Gasteiger partial charge in [-0.1, -0.05) is 33.1 Å². The third-order valence-corrected chi connectivity index (χ3v) is 6.20. The normalized spacial score (nSPS) is 14.6. The van der Waals surface area contributed by atoms with E-state index in [4.69, 9.17) is 19.2 Å². The lowest BCUT2D eigenvalue weighted by atomic mass is 9.95. The van der Waals surface area contributed by atoms with E-state index in [1.807, 2.05) is 22.7 Å². The first-order valence-corrected chi connectivity index (χ1v) is 11.8. The Morgan fingerprint density at radius 2 is 2.00 bits per heavy atom. The van der Waals surface area contributed by atoms with E-state index in [1.165, 1.54) is 26.4 Å². The van der Waals surface area contributed by atoms with Crippen molar-refractivity contribution in [2.45, 2.75) is 58.4 Å². The van der Waals surface area contributed by atoms with Gasteiger partial charge in [-0.3, -0.25) is 5.10 Å². The van der Waals surface area contributed by atoms with Crippen LogP contribution in [0, 0.1) is 5.92 Å². The monoisotopic (exact) mass is 454 g/mol. The number of carbonyl (C=O) groups is 1. The highest BCUT2D eigenvalue weighted by molar-refractivity contribution is 5.97. The molecule has 0 unspecified atom stereocenters. The fourth-order valence-corrected chi connectivity index (χ4v) is 4.29. The van der Waals surface area contributed by atoms with Crippen LogP contribution in [-0.4, -0.2) is 47.4 Å². The maximum absolute atomic E-state index is 12.3. The fourth-order valence-electron chi connectivity index (χ4n) is 4.29. The van der Waals surface area contributed by atoms with Crippen LogP contribution in [0.25, 0.3) is 16.9 Å². The van der Waals surface area contributed by atoms with Crippen LogP contribution in [0.2, 0.25) is 0 Å². The zero-order chi connectivity index (χ0) is 23.4. The van der Waals surface area contributed by atoms with E-state index < -0.39 is 5.97 Å². The van der Waals surface area contributed by atoms with E-state index in [0.717, 1.165) is 36.3 Å². The molecule has 1 aliphatic rings. The average Bonchev–Trinajstić information content (AvgIpc) is 3.39. The van der Waals surface area contributed by atoms with E-state index in [0.29, 0.717) is 41.3 Å². The Kier molecular flexibility index (Phi) is 7.11. The molecule has 0 bridgehead atoms. The number of H-pyrrole nitrogens is 1. The summed E-state index contributed by atoms with van der Waals surface area (Å²) in [7, 11) is 3.02. The van der Waals surface area contributed by atoms with Crippen molar-refractivity contribution in [3.63, 3.8) is 0 Å². The molecule has 1 fully saturated rings. The summed E-state index contributed by atoms with van der Waals surface area (Å²) in [5.74, 6) is 2.35. The van der Waals surface area contributed by atoms with Crippen molar-refractivity contribution >= 4 is 17.4 Å². The molecule has 0 radical (unpaired) electrons. The van der Waals surface area contributed by atoms with Gasteiger partial charge in [0.05, 0.1) is 20.8 Å². The molecule has 1 saturated carbocycles. The number of anilines is 1. The number of hydrogen-bond acceptors (Lipinski definition) is 6.